The van der Waals surface area contributed by atoms with E-state index in [9.17, 15) is 19.2 Å². The summed E-state index contributed by atoms with van der Waals surface area (Å²) in [6.07, 6.45) is -0.0411. The van der Waals surface area contributed by atoms with Gasteiger partial charge in [0.25, 0.3) is 0 Å². The Morgan fingerprint density at radius 3 is 1.00 bits per heavy atom. The van der Waals surface area contributed by atoms with E-state index >= 15 is 0 Å². The number of hydrogen-bond acceptors (Lipinski definition) is 4. The van der Waals surface area contributed by atoms with Crippen molar-refractivity contribution in [2.75, 3.05) is 0 Å². The first kappa shape index (κ1) is 26.4. The number of rotatable bonds is 10. The molecule has 0 saturated heterocycles. The Bertz CT molecular complexity index is 534. The highest BCUT2D eigenvalue weighted by Crippen LogP contribution is 2.31. The minimum absolute atomic E-state index is 0.0121. The Labute approximate surface area is 175 Å². The summed E-state index contributed by atoms with van der Waals surface area (Å²) in [5.74, 6) is -0.0826. The van der Waals surface area contributed by atoms with Gasteiger partial charge in [0.15, 0.2) is 0 Å². The molecule has 27 heavy (non-hydrogen) atoms. The third-order valence-corrected chi connectivity index (χ3v) is 8.64. The zero-order valence-corrected chi connectivity index (χ0v) is 20.6. The number of Topliss-reactive ketones (excluding diaryl/α,β-unsaturated/α-hetero) is 4. The van der Waals surface area contributed by atoms with Gasteiger partial charge < -0.3 is 0 Å². The van der Waals surface area contributed by atoms with Crippen molar-refractivity contribution < 1.29 is 19.2 Å². The standard InChI is InChI=1S/2C11H19O2.Mg/c2*1-10(2,3)8(12)7-9(13)11(4,5)6;/h2*1,7H2,2-6H3;. The molecule has 0 aliphatic carbocycles. The molecule has 0 aromatic carbocycles. The summed E-state index contributed by atoms with van der Waals surface area (Å²) in [4.78, 5) is 49.4. The smallest absolute Gasteiger partial charge is 0.299 e. The molecule has 0 atom stereocenters. The molecule has 0 N–H and O–H groups in total. The van der Waals surface area contributed by atoms with Crippen LogP contribution in [0.15, 0.2) is 0 Å². The summed E-state index contributed by atoms with van der Waals surface area (Å²) in [6.45, 7) is 18.6. The summed E-state index contributed by atoms with van der Waals surface area (Å²) in [7, 11) is 0. The first-order chi connectivity index (χ1) is 11.8. The summed E-state index contributed by atoms with van der Waals surface area (Å²) in [5, 5.41) is 0. The van der Waals surface area contributed by atoms with Crippen molar-refractivity contribution in [1.82, 2.24) is 0 Å². The number of carbonyl (C=O) groups is 4. The summed E-state index contributed by atoms with van der Waals surface area (Å²) in [6, 6.07) is 0. The minimum Gasteiger partial charge on any atom is -0.299 e. The van der Waals surface area contributed by atoms with Crippen molar-refractivity contribution in [1.29, 1.82) is 0 Å². The molecule has 152 valence electrons. The third-order valence-electron chi connectivity index (χ3n) is 5.43. The van der Waals surface area contributed by atoms with Crippen molar-refractivity contribution in [3.05, 3.63) is 0 Å². The Morgan fingerprint density at radius 1 is 0.519 bits per heavy atom. The van der Waals surface area contributed by atoms with Gasteiger partial charge in [0, 0.05) is 21.7 Å². The summed E-state index contributed by atoms with van der Waals surface area (Å²) >= 11 is -0.683. The number of hydrogen-bond donors (Lipinski definition) is 0. The third kappa shape index (κ3) is 8.99. The van der Waals surface area contributed by atoms with E-state index < -0.39 is 42.0 Å². The van der Waals surface area contributed by atoms with E-state index in [1.807, 2.05) is 69.2 Å². The van der Waals surface area contributed by atoms with E-state index in [0.29, 0.717) is 0 Å². The molecule has 0 aromatic rings. The summed E-state index contributed by atoms with van der Waals surface area (Å²) in [5.41, 5.74) is -2.07. The van der Waals surface area contributed by atoms with Crippen LogP contribution in [-0.2, 0) is 19.2 Å². The highest BCUT2D eigenvalue weighted by atomic mass is 24.5. The molecule has 0 unspecified atom stereocenters. The van der Waals surface area contributed by atoms with Crippen molar-refractivity contribution in [2.24, 2.45) is 21.7 Å². The molecule has 5 heteroatoms. The molecular formula is C22H38MgO4. The average molecular weight is 391 g/mol. The quantitative estimate of drug-likeness (QED) is 0.399. The van der Waals surface area contributed by atoms with Crippen molar-refractivity contribution in [3.8, 4) is 0 Å². The second kappa shape index (κ2) is 9.30. The van der Waals surface area contributed by atoms with Crippen molar-refractivity contribution in [3.63, 3.8) is 0 Å². The first-order valence-electron chi connectivity index (χ1n) is 9.94. The molecule has 0 radical (unpaired) electrons. The first-order valence-corrected chi connectivity index (χ1v) is 11.9. The van der Waals surface area contributed by atoms with Gasteiger partial charge in [-0.3, -0.25) is 19.2 Å². The second-order valence-electron chi connectivity index (χ2n) is 11.2. The van der Waals surface area contributed by atoms with Crippen LogP contribution < -0.4 is 0 Å². The zero-order chi connectivity index (χ0) is 21.8. The predicted octanol–water partition coefficient (Wildman–Crippen LogP) is 4.73. The van der Waals surface area contributed by atoms with E-state index in [4.69, 9.17) is 0 Å². The topological polar surface area (TPSA) is 68.3 Å². The molecule has 0 aromatic heterocycles. The van der Waals surface area contributed by atoms with Crippen LogP contribution in [0.2, 0.25) is 9.10 Å². The lowest BCUT2D eigenvalue weighted by molar-refractivity contribution is -0.136. The molecule has 0 bridgehead atoms. The lowest BCUT2D eigenvalue weighted by atomic mass is 9.81. The van der Waals surface area contributed by atoms with Gasteiger partial charge >= 0.3 is 20.4 Å². The van der Waals surface area contributed by atoms with Crippen LogP contribution in [0.5, 0.6) is 0 Å². The Hall–Kier alpha value is -0.554. The van der Waals surface area contributed by atoms with Crippen LogP contribution in [0.25, 0.3) is 0 Å². The highest BCUT2D eigenvalue weighted by Gasteiger charge is 2.35. The van der Waals surface area contributed by atoms with Gasteiger partial charge in [0.2, 0.25) is 0 Å². The molecular weight excluding hydrogens is 353 g/mol. The minimum atomic E-state index is -0.683. The zero-order valence-electron chi connectivity index (χ0n) is 19.2. The van der Waals surface area contributed by atoms with E-state index in [1.165, 1.54) is 0 Å². The Morgan fingerprint density at radius 2 is 0.778 bits per heavy atom. The maximum atomic E-state index is 12.6. The lowest BCUT2D eigenvalue weighted by Gasteiger charge is -2.28. The van der Waals surface area contributed by atoms with Crippen LogP contribution in [0.4, 0.5) is 0 Å². The summed E-state index contributed by atoms with van der Waals surface area (Å²) < 4.78 is 1.51. The molecule has 4 nitrogen and oxygen atoms in total. The lowest BCUT2D eigenvalue weighted by Crippen LogP contribution is -2.34. The largest absolute Gasteiger partial charge is 0.367 e. The van der Waals surface area contributed by atoms with Gasteiger partial charge in [-0.25, -0.2) is 0 Å². The molecule has 0 fully saturated rings. The van der Waals surface area contributed by atoms with Crippen molar-refractivity contribution >= 4 is 43.5 Å². The van der Waals surface area contributed by atoms with Gasteiger partial charge in [0.1, 0.15) is 23.1 Å². The molecule has 0 heterocycles. The molecule has 0 amide bonds. The maximum Gasteiger partial charge on any atom is 0.367 e. The monoisotopic (exact) mass is 390 g/mol. The fourth-order valence-electron chi connectivity index (χ4n) is 2.55. The Kier molecular flexibility index (Phi) is 9.11. The normalized spacial score (nSPS) is 13.1. The Balaban J connectivity index is 4.74. The molecule has 0 saturated carbocycles. The SMILES string of the molecule is CC(C)(C)C(=O)CC(=O)C(C)(C)[CH2][Mg][CH2]C(C)(C)C(=O)CC(=O)C(C)(C)C. The van der Waals surface area contributed by atoms with Gasteiger partial charge in [0.05, 0.1) is 12.8 Å². The van der Waals surface area contributed by atoms with Crippen LogP contribution in [0.3, 0.4) is 0 Å². The van der Waals surface area contributed by atoms with Crippen molar-refractivity contribution in [2.45, 2.75) is 91.2 Å². The average Bonchev–Trinajstić information content (AvgIpc) is 2.44. The van der Waals surface area contributed by atoms with Crippen LogP contribution >= 0.6 is 0 Å². The fraction of sp³-hybridized carbons (Fsp3) is 0.818. The molecule has 0 spiro atoms. The molecule has 0 rings (SSSR count). The molecule has 0 aliphatic rings. The fourth-order valence-corrected chi connectivity index (χ4v) is 5.05. The van der Waals surface area contributed by atoms with Gasteiger partial charge in [-0.2, -0.15) is 0 Å². The van der Waals surface area contributed by atoms with Crippen LogP contribution in [0.1, 0.15) is 82.1 Å². The number of ketones is 4. The van der Waals surface area contributed by atoms with Gasteiger partial charge in [-0.05, 0) is 0 Å². The van der Waals surface area contributed by atoms with E-state index in [2.05, 4.69) is 0 Å². The van der Waals surface area contributed by atoms with E-state index in [0.717, 1.165) is 9.10 Å². The maximum absolute atomic E-state index is 12.6. The van der Waals surface area contributed by atoms with E-state index in [1.54, 1.807) is 0 Å². The number of carbonyl (C=O) groups excluding carboxylic acids is 4. The van der Waals surface area contributed by atoms with Gasteiger partial charge in [-0.15, -0.1) is 9.10 Å². The van der Waals surface area contributed by atoms with E-state index in [-0.39, 0.29) is 36.0 Å². The van der Waals surface area contributed by atoms with Crippen LogP contribution in [0, 0.1) is 21.7 Å². The van der Waals surface area contributed by atoms with Gasteiger partial charge in [-0.1, -0.05) is 69.2 Å². The predicted molar refractivity (Wildman–Crippen MR) is 111 cm³/mol. The molecule has 0 aliphatic heterocycles. The highest BCUT2D eigenvalue weighted by molar-refractivity contribution is 6.37. The second-order valence-corrected chi connectivity index (χ2v) is 12.9. The van der Waals surface area contributed by atoms with Crippen LogP contribution in [-0.4, -0.2) is 43.5 Å².